The highest BCUT2D eigenvalue weighted by Crippen LogP contribution is 2.34. The summed E-state index contributed by atoms with van der Waals surface area (Å²) in [5.74, 6) is -5.31. The highest BCUT2D eigenvalue weighted by Gasteiger charge is 2.53. The van der Waals surface area contributed by atoms with Gasteiger partial charge in [-0.1, -0.05) is 13.8 Å². The summed E-state index contributed by atoms with van der Waals surface area (Å²) in [6.45, 7) is 7.94. The number of ether oxygens (including phenoxy) is 1. The van der Waals surface area contributed by atoms with Gasteiger partial charge in [-0.2, -0.15) is 0 Å². The molecule has 0 spiro atoms. The van der Waals surface area contributed by atoms with Gasteiger partial charge in [-0.25, -0.2) is 13.6 Å². The van der Waals surface area contributed by atoms with Crippen LogP contribution < -0.4 is 5.32 Å². The van der Waals surface area contributed by atoms with Crippen molar-refractivity contribution in [3.05, 3.63) is 0 Å². The van der Waals surface area contributed by atoms with E-state index in [1.54, 1.807) is 20.8 Å². The number of nitrogens with one attached hydrogen (secondary N) is 1. The maximum absolute atomic E-state index is 13.9. The molecular weight excluding hydrogens is 282 g/mol. The van der Waals surface area contributed by atoms with Gasteiger partial charge in [0.05, 0.1) is 6.54 Å². The minimum absolute atomic E-state index is 0.172. The van der Waals surface area contributed by atoms with Crippen LogP contribution in [0, 0.1) is 11.8 Å². The average Bonchev–Trinajstić information content (AvgIpc) is 2.60. The molecule has 1 N–H and O–H groups in total. The van der Waals surface area contributed by atoms with Crippen molar-refractivity contribution < 1.29 is 23.1 Å². The van der Waals surface area contributed by atoms with Gasteiger partial charge < -0.3 is 15.0 Å². The minimum Gasteiger partial charge on any atom is -0.444 e. The molecule has 5 nitrogen and oxygen atoms in total. The number of halogens is 2. The smallest absolute Gasteiger partial charge is 0.410 e. The Balaban J connectivity index is 2.68. The molecule has 7 heteroatoms. The van der Waals surface area contributed by atoms with E-state index >= 15 is 0 Å². The van der Waals surface area contributed by atoms with Crippen LogP contribution in [0.2, 0.25) is 0 Å². The van der Waals surface area contributed by atoms with Crippen LogP contribution in [0.5, 0.6) is 0 Å². The molecule has 0 aliphatic carbocycles. The van der Waals surface area contributed by atoms with Crippen LogP contribution >= 0.6 is 0 Å². The zero-order chi connectivity index (χ0) is 16.4. The van der Waals surface area contributed by atoms with Crippen molar-refractivity contribution in [2.75, 3.05) is 19.6 Å². The summed E-state index contributed by atoms with van der Waals surface area (Å²) in [6, 6.07) is 0. The quantitative estimate of drug-likeness (QED) is 0.870. The van der Waals surface area contributed by atoms with E-state index in [2.05, 4.69) is 5.32 Å². The number of carbonyl (C=O) groups excluding carboxylic acids is 2. The Kier molecular flexibility index (Phi) is 5.17. The monoisotopic (exact) mass is 306 g/mol. The number of hydrogen-bond acceptors (Lipinski definition) is 3. The summed E-state index contributed by atoms with van der Waals surface area (Å²) in [5.41, 5.74) is -0.760. The number of rotatable bonds is 3. The molecule has 1 rings (SSSR count). The van der Waals surface area contributed by atoms with Gasteiger partial charge in [-0.3, -0.25) is 4.79 Å². The molecule has 1 atom stereocenters. The summed E-state index contributed by atoms with van der Waals surface area (Å²) >= 11 is 0. The van der Waals surface area contributed by atoms with Crippen molar-refractivity contribution in [2.45, 2.75) is 46.1 Å². The van der Waals surface area contributed by atoms with E-state index in [-0.39, 0.29) is 12.5 Å². The van der Waals surface area contributed by atoms with Crippen molar-refractivity contribution in [3.63, 3.8) is 0 Å². The average molecular weight is 306 g/mol. The SMILES string of the molecule is CC(C)CNC(=O)C1CN(C(=O)OC(C)(C)C)CC1(F)F. The van der Waals surface area contributed by atoms with Crippen LogP contribution in [0.15, 0.2) is 0 Å². The Morgan fingerprint density at radius 3 is 2.43 bits per heavy atom. The van der Waals surface area contributed by atoms with Gasteiger partial charge in [0.2, 0.25) is 5.91 Å². The summed E-state index contributed by atoms with van der Waals surface area (Å²) < 4.78 is 32.9. The molecule has 0 bridgehead atoms. The third kappa shape index (κ3) is 5.13. The van der Waals surface area contributed by atoms with Crippen molar-refractivity contribution in [1.82, 2.24) is 10.2 Å². The maximum Gasteiger partial charge on any atom is 0.410 e. The van der Waals surface area contributed by atoms with Crippen LogP contribution in [-0.4, -0.2) is 48.1 Å². The van der Waals surface area contributed by atoms with E-state index in [4.69, 9.17) is 4.74 Å². The number of amides is 2. The van der Waals surface area contributed by atoms with Crippen LogP contribution in [0.4, 0.5) is 13.6 Å². The number of likely N-dealkylation sites (tertiary alicyclic amines) is 1. The van der Waals surface area contributed by atoms with Crippen molar-refractivity contribution in [2.24, 2.45) is 11.8 Å². The lowest BCUT2D eigenvalue weighted by Gasteiger charge is -2.24. The molecule has 1 fully saturated rings. The van der Waals surface area contributed by atoms with Crippen LogP contribution in [-0.2, 0) is 9.53 Å². The van der Waals surface area contributed by atoms with Crippen molar-refractivity contribution >= 4 is 12.0 Å². The van der Waals surface area contributed by atoms with E-state index in [1.165, 1.54) is 0 Å². The van der Waals surface area contributed by atoms with Gasteiger partial charge in [0.25, 0.3) is 5.92 Å². The molecule has 0 aromatic carbocycles. The van der Waals surface area contributed by atoms with E-state index in [0.717, 1.165) is 4.90 Å². The molecule has 0 radical (unpaired) electrons. The Morgan fingerprint density at radius 1 is 1.38 bits per heavy atom. The predicted molar refractivity (Wildman–Crippen MR) is 74.1 cm³/mol. The lowest BCUT2D eigenvalue weighted by molar-refractivity contribution is -0.134. The first-order chi connectivity index (χ1) is 9.42. The lowest BCUT2D eigenvalue weighted by atomic mass is 10.0. The number of nitrogens with zero attached hydrogens (tertiary/aromatic N) is 1. The number of alkyl halides is 2. The summed E-state index contributed by atoms with van der Waals surface area (Å²) in [7, 11) is 0. The number of hydrogen-bond donors (Lipinski definition) is 1. The molecule has 2 amide bonds. The molecular formula is C14H24F2N2O3. The molecule has 21 heavy (non-hydrogen) atoms. The van der Waals surface area contributed by atoms with Gasteiger partial charge in [-0.15, -0.1) is 0 Å². The van der Waals surface area contributed by atoms with Gasteiger partial charge in [0.15, 0.2) is 0 Å². The van der Waals surface area contributed by atoms with Crippen molar-refractivity contribution in [3.8, 4) is 0 Å². The normalized spacial score (nSPS) is 21.5. The largest absolute Gasteiger partial charge is 0.444 e. The molecule has 1 unspecified atom stereocenters. The first-order valence-electron chi connectivity index (χ1n) is 7.06. The Labute approximate surface area is 124 Å². The van der Waals surface area contributed by atoms with E-state index in [9.17, 15) is 18.4 Å². The second-order valence-electron chi connectivity index (χ2n) is 6.81. The fraction of sp³-hybridized carbons (Fsp3) is 0.857. The predicted octanol–water partition coefficient (Wildman–Crippen LogP) is 2.26. The second kappa shape index (κ2) is 6.15. The Hall–Kier alpha value is -1.40. The van der Waals surface area contributed by atoms with E-state index < -0.39 is 36.0 Å². The molecule has 0 saturated carbocycles. The topological polar surface area (TPSA) is 58.6 Å². The molecule has 122 valence electrons. The Bertz CT molecular complexity index is 406. The van der Waals surface area contributed by atoms with Gasteiger partial charge >= 0.3 is 6.09 Å². The fourth-order valence-corrected chi connectivity index (χ4v) is 1.95. The molecule has 1 saturated heterocycles. The highest BCUT2D eigenvalue weighted by molar-refractivity contribution is 5.81. The molecule has 1 heterocycles. The van der Waals surface area contributed by atoms with E-state index in [0.29, 0.717) is 6.54 Å². The lowest BCUT2D eigenvalue weighted by Crippen LogP contribution is -2.41. The Morgan fingerprint density at radius 2 is 1.95 bits per heavy atom. The molecule has 0 aromatic rings. The zero-order valence-corrected chi connectivity index (χ0v) is 13.2. The van der Waals surface area contributed by atoms with Crippen LogP contribution in [0.25, 0.3) is 0 Å². The van der Waals surface area contributed by atoms with Crippen LogP contribution in [0.3, 0.4) is 0 Å². The minimum atomic E-state index is -3.24. The summed E-state index contributed by atoms with van der Waals surface area (Å²) in [6.07, 6.45) is -0.818. The van der Waals surface area contributed by atoms with E-state index in [1.807, 2.05) is 13.8 Å². The molecule has 0 aromatic heterocycles. The zero-order valence-electron chi connectivity index (χ0n) is 13.2. The van der Waals surface area contributed by atoms with Crippen molar-refractivity contribution in [1.29, 1.82) is 0 Å². The maximum atomic E-state index is 13.9. The van der Waals surface area contributed by atoms with Gasteiger partial charge in [-0.05, 0) is 26.7 Å². The summed E-state index contributed by atoms with van der Waals surface area (Å²) in [4.78, 5) is 24.6. The van der Waals surface area contributed by atoms with Gasteiger partial charge in [0.1, 0.15) is 11.5 Å². The molecule has 1 aliphatic heterocycles. The summed E-state index contributed by atoms with van der Waals surface area (Å²) in [5, 5.41) is 2.49. The standard InChI is InChI=1S/C14H24F2N2O3/c1-9(2)6-17-11(19)10-7-18(8-14(10,15)16)12(20)21-13(3,4)5/h9-10H,6-8H2,1-5H3,(H,17,19). The fourth-order valence-electron chi connectivity index (χ4n) is 1.95. The molecule has 1 aliphatic rings. The first-order valence-corrected chi connectivity index (χ1v) is 7.06. The highest BCUT2D eigenvalue weighted by atomic mass is 19.3. The van der Waals surface area contributed by atoms with Gasteiger partial charge in [0, 0.05) is 13.1 Å². The number of carbonyl (C=O) groups is 2. The van der Waals surface area contributed by atoms with Crippen LogP contribution in [0.1, 0.15) is 34.6 Å². The first kappa shape index (κ1) is 17.7. The third-order valence-corrected chi connectivity index (χ3v) is 2.97. The third-order valence-electron chi connectivity index (χ3n) is 2.97. The second-order valence-corrected chi connectivity index (χ2v) is 6.81.